The van der Waals surface area contributed by atoms with Gasteiger partial charge in [0.15, 0.2) is 0 Å². The smallest absolute Gasteiger partial charge is 0.289 e. The largest absolute Gasteiger partial charge is 0.374 e. The zero-order chi connectivity index (χ0) is 31.8. The van der Waals surface area contributed by atoms with Crippen LogP contribution in [0, 0.1) is 11.8 Å². The molecule has 10 heteroatoms. The van der Waals surface area contributed by atoms with E-state index < -0.39 is 17.7 Å². The first-order valence-corrected chi connectivity index (χ1v) is 16.4. The van der Waals surface area contributed by atoms with Gasteiger partial charge in [-0.05, 0) is 70.3 Å². The first-order chi connectivity index (χ1) is 20.7. The van der Waals surface area contributed by atoms with Crippen LogP contribution in [0.1, 0.15) is 104 Å². The van der Waals surface area contributed by atoms with E-state index in [-0.39, 0.29) is 36.2 Å². The van der Waals surface area contributed by atoms with E-state index in [0.29, 0.717) is 31.3 Å². The minimum absolute atomic E-state index is 0.0492. The molecular weight excluding hydrogens is 546 g/mol. The second-order valence-corrected chi connectivity index (χ2v) is 12.3. The van der Waals surface area contributed by atoms with E-state index >= 15 is 0 Å². The van der Waals surface area contributed by atoms with Gasteiger partial charge in [-0.25, -0.2) is 0 Å². The third kappa shape index (κ3) is 11.4. The van der Waals surface area contributed by atoms with Gasteiger partial charge in [-0.1, -0.05) is 59.1 Å². The molecular formula is C33H55N5O5. The molecule has 4 fully saturated rings. The first-order valence-electron chi connectivity index (χ1n) is 16.4. The van der Waals surface area contributed by atoms with Crippen LogP contribution in [0.5, 0.6) is 0 Å². The van der Waals surface area contributed by atoms with Crippen molar-refractivity contribution in [2.24, 2.45) is 11.8 Å². The third-order valence-corrected chi connectivity index (χ3v) is 8.74. The van der Waals surface area contributed by atoms with Gasteiger partial charge < -0.3 is 26.2 Å². The van der Waals surface area contributed by atoms with Crippen molar-refractivity contribution in [3.8, 4) is 0 Å². The Morgan fingerprint density at radius 2 is 1.65 bits per heavy atom. The van der Waals surface area contributed by atoms with Gasteiger partial charge in [0, 0.05) is 36.8 Å². The highest BCUT2D eigenvalue weighted by atomic mass is 16.2. The van der Waals surface area contributed by atoms with Gasteiger partial charge >= 0.3 is 0 Å². The number of ketones is 1. The van der Waals surface area contributed by atoms with Crippen LogP contribution in [-0.2, 0) is 24.0 Å². The van der Waals surface area contributed by atoms with Crippen LogP contribution in [0.2, 0.25) is 0 Å². The van der Waals surface area contributed by atoms with Crippen LogP contribution in [0.25, 0.3) is 0 Å². The summed E-state index contributed by atoms with van der Waals surface area (Å²) in [5, 5.41) is 11.1. The number of nitrogens with one attached hydrogen (secondary N) is 4. The number of hydrogen-bond acceptors (Lipinski definition) is 6. The Morgan fingerprint density at radius 3 is 2.16 bits per heavy atom. The Balaban J connectivity index is 0.000000276. The summed E-state index contributed by atoms with van der Waals surface area (Å²) in [6, 6.07) is -0.602. The standard InChI is InChI=1S/C16H26N2O.C14H21N3O4.C3H8/c1-4-12(2)17-15(14-9-5-6-10-14)16(19)18-11-7-8-13(18)3;18-8-16-11(7-9-5-6-15-13(9)20)12(19)14(21)17-10-3-1-2-4-10;1-3-2/h4,13-15,17H,1-2,5-11H2,3H3;8-11H,1-7H2,(H,15,20)(H,16,18)(H,17,21);3H2,1-2H3. The number of nitrogens with zero attached hydrogens (tertiary/aromatic N) is 1. The summed E-state index contributed by atoms with van der Waals surface area (Å²) in [4.78, 5) is 61.1. The SMILES string of the molecule is C=CC(=C)NC(C(=O)N1CCCC1C)C1CCCC1.CCC.O=CNC(CC1CCNC1=O)C(=O)C(=O)NC1CCCC1. The van der Waals surface area contributed by atoms with Gasteiger partial charge in [0.2, 0.25) is 24.0 Å². The van der Waals surface area contributed by atoms with Crippen molar-refractivity contribution < 1.29 is 24.0 Å². The fourth-order valence-electron chi connectivity index (χ4n) is 6.34. The van der Waals surface area contributed by atoms with Crippen molar-refractivity contribution in [3.63, 3.8) is 0 Å². The summed E-state index contributed by atoms with van der Waals surface area (Å²) in [6.45, 7) is 15.5. The average molecular weight is 602 g/mol. The summed E-state index contributed by atoms with van der Waals surface area (Å²) in [6.07, 6.45) is 15.1. The van der Waals surface area contributed by atoms with Crippen molar-refractivity contribution in [1.29, 1.82) is 0 Å². The third-order valence-electron chi connectivity index (χ3n) is 8.74. The number of hydrogen-bond donors (Lipinski definition) is 4. The topological polar surface area (TPSA) is 137 Å². The van der Waals surface area contributed by atoms with Crippen molar-refractivity contribution >= 4 is 29.9 Å². The number of likely N-dealkylation sites (tertiary alicyclic amines) is 1. The van der Waals surface area contributed by atoms with E-state index in [1.165, 1.54) is 19.3 Å². The second kappa shape index (κ2) is 19.2. The van der Waals surface area contributed by atoms with Gasteiger partial charge in [0.05, 0.1) is 6.04 Å². The van der Waals surface area contributed by atoms with Gasteiger partial charge in [-0.2, -0.15) is 0 Å². The van der Waals surface area contributed by atoms with E-state index in [0.717, 1.165) is 63.6 Å². The quantitative estimate of drug-likeness (QED) is 0.154. The molecule has 4 N–H and O–H groups in total. The monoisotopic (exact) mass is 601 g/mol. The fraction of sp³-hybridized carbons (Fsp3) is 0.727. The molecule has 4 unspecified atom stereocenters. The molecule has 43 heavy (non-hydrogen) atoms. The average Bonchev–Trinajstić information content (AvgIpc) is 3.82. The van der Waals surface area contributed by atoms with Crippen molar-refractivity contribution in [1.82, 2.24) is 26.2 Å². The minimum Gasteiger partial charge on any atom is -0.374 e. The van der Waals surface area contributed by atoms with E-state index in [1.54, 1.807) is 6.08 Å². The lowest BCUT2D eigenvalue weighted by Crippen LogP contribution is -2.50. The van der Waals surface area contributed by atoms with Crippen molar-refractivity contribution in [2.75, 3.05) is 13.1 Å². The highest BCUT2D eigenvalue weighted by molar-refractivity contribution is 6.38. The highest BCUT2D eigenvalue weighted by Gasteiger charge is 2.37. The number of Topliss-reactive ketones (excluding diaryl/α,β-unsaturated/α-hetero) is 1. The van der Waals surface area contributed by atoms with E-state index in [4.69, 9.17) is 0 Å². The molecule has 0 aromatic rings. The molecule has 0 aromatic heterocycles. The van der Waals surface area contributed by atoms with Crippen LogP contribution in [0.3, 0.4) is 0 Å². The Labute approximate surface area is 258 Å². The summed E-state index contributed by atoms with van der Waals surface area (Å²) in [5.41, 5.74) is 0.761. The lowest BCUT2D eigenvalue weighted by Gasteiger charge is -2.31. The van der Waals surface area contributed by atoms with Gasteiger partial charge in [-0.3, -0.25) is 24.0 Å². The molecule has 2 aliphatic heterocycles. The Bertz CT molecular complexity index is 957. The zero-order valence-electron chi connectivity index (χ0n) is 26.6. The summed E-state index contributed by atoms with van der Waals surface area (Å²) < 4.78 is 0. The lowest BCUT2D eigenvalue weighted by molar-refractivity contribution is -0.140. The molecule has 0 radical (unpaired) electrons. The molecule has 2 saturated carbocycles. The second-order valence-electron chi connectivity index (χ2n) is 12.3. The van der Waals surface area contributed by atoms with E-state index in [1.807, 2.05) is 4.90 Å². The molecule has 2 saturated heterocycles. The number of rotatable bonds is 12. The molecule has 0 aromatic carbocycles. The normalized spacial score (nSPS) is 23.0. The fourth-order valence-corrected chi connectivity index (χ4v) is 6.34. The predicted octanol–water partition coefficient (Wildman–Crippen LogP) is 3.52. The molecule has 4 atom stereocenters. The summed E-state index contributed by atoms with van der Waals surface area (Å²) in [5.74, 6) is -1.08. The maximum atomic E-state index is 12.8. The minimum atomic E-state index is -0.933. The molecule has 4 amide bonds. The van der Waals surface area contributed by atoms with Crippen LogP contribution >= 0.6 is 0 Å². The molecule has 10 nitrogen and oxygen atoms in total. The maximum absolute atomic E-state index is 12.8. The van der Waals surface area contributed by atoms with Gasteiger partial charge in [0.1, 0.15) is 6.04 Å². The Hall–Kier alpha value is -3.17. The van der Waals surface area contributed by atoms with Crippen molar-refractivity contribution in [2.45, 2.75) is 128 Å². The molecule has 0 spiro atoms. The van der Waals surface area contributed by atoms with Gasteiger partial charge in [0.25, 0.3) is 5.91 Å². The molecule has 4 rings (SSSR count). The molecule has 2 heterocycles. The van der Waals surface area contributed by atoms with Crippen molar-refractivity contribution in [3.05, 3.63) is 24.9 Å². The van der Waals surface area contributed by atoms with Crippen LogP contribution < -0.4 is 21.3 Å². The van der Waals surface area contributed by atoms with Crippen LogP contribution in [-0.4, -0.2) is 72.1 Å². The summed E-state index contributed by atoms with van der Waals surface area (Å²) >= 11 is 0. The Kier molecular flexibility index (Phi) is 16.1. The number of allylic oxidation sites excluding steroid dienone is 1. The number of amides is 4. The van der Waals surface area contributed by atoms with Crippen LogP contribution in [0.4, 0.5) is 0 Å². The first kappa shape index (κ1) is 36.0. The maximum Gasteiger partial charge on any atom is 0.289 e. The van der Waals surface area contributed by atoms with Gasteiger partial charge in [-0.15, -0.1) is 0 Å². The number of carbonyl (C=O) groups is 5. The summed E-state index contributed by atoms with van der Waals surface area (Å²) in [7, 11) is 0. The molecule has 0 bridgehead atoms. The Morgan fingerprint density at radius 1 is 1.02 bits per heavy atom. The molecule has 2 aliphatic carbocycles. The van der Waals surface area contributed by atoms with E-state index in [2.05, 4.69) is 55.2 Å². The number of carbonyl (C=O) groups excluding carboxylic acids is 5. The van der Waals surface area contributed by atoms with E-state index in [9.17, 15) is 24.0 Å². The molecule has 242 valence electrons. The predicted molar refractivity (Wildman–Crippen MR) is 169 cm³/mol. The van der Waals surface area contributed by atoms with Crippen LogP contribution in [0.15, 0.2) is 24.9 Å². The zero-order valence-corrected chi connectivity index (χ0v) is 26.6. The lowest BCUT2D eigenvalue weighted by atomic mass is 9.95. The molecule has 4 aliphatic rings. The highest BCUT2D eigenvalue weighted by Crippen LogP contribution is 2.30.